The number of aromatic nitrogens is 2. The number of carbonyl (C=O) groups is 1. The van der Waals surface area contributed by atoms with Crippen LogP contribution in [0.25, 0.3) is 6.08 Å². The fourth-order valence-electron chi connectivity index (χ4n) is 1.78. The highest BCUT2D eigenvalue weighted by Gasteiger charge is 2.12. The second kappa shape index (κ2) is 8.20. The predicted molar refractivity (Wildman–Crippen MR) is 85.1 cm³/mol. The highest BCUT2D eigenvalue weighted by molar-refractivity contribution is 6.31. The van der Waals surface area contributed by atoms with E-state index in [2.05, 4.69) is 24.3 Å². The Labute approximate surface area is 131 Å². The molecule has 1 amide bonds. The lowest BCUT2D eigenvalue weighted by atomic mass is 10.2. The fourth-order valence-corrected chi connectivity index (χ4v) is 2.09. The Morgan fingerprint density at radius 2 is 2.14 bits per heavy atom. The third kappa shape index (κ3) is 5.52. The van der Waals surface area contributed by atoms with E-state index in [1.54, 1.807) is 10.8 Å². The minimum absolute atomic E-state index is 0.0430. The highest BCUT2D eigenvalue weighted by Crippen LogP contribution is 2.22. The summed E-state index contributed by atoms with van der Waals surface area (Å²) in [6.45, 7) is 9.16. The SMILES string of the molecule is Cc1nn(CC(C)C)c(Cl)c1/C=C/C(=O)NCC(C)CO. The van der Waals surface area contributed by atoms with Crippen molar-refractivity contribution >= 4 is 23.6 Å². The lowest BCUT2D eigenvalue weighted by molar-refractivity contribution is -0.116. The van der Waals surface area contributed by atoms with Crippen LogP contribution in [-0.4, -0.2) is 33.9 Å². The number of hydrogen-bond donors (Lipinski definition) is 2. The van der Waals surface area contributed by atoms with Gasteiger partial charge in [-0.2, -0.15) is 5.10 Å². The zero-order valence-electron chi connectivity index (χ0n) is 13.1. The first-order valence-corrected chi connectivity index (χ1v) is 7.52. The van der Waals surface area contributed by atoms with Crippen LogP contribution < -0.4 is 5.32 Å². The molecule has 0 aliphatic carbocycles. The van der Waals surface area contributed by atoms with Gasteiger partial charge in [0, 0.05) is 31.3 Å². The minimum Gasteiger partial charge on any atom is -0.396 e. The van der Waals surface area contributed by atoms with E-state index in [1.165, 1.54) is 6.08 Å². The number of aryl methyl sites for hydroxylation is 1. The molecule has 2 N–H and O–H groups in total. The summed E-state index contributed by atoms with van der Waals surface area (Å²) in [7, 11) is 0. The first-order chi connectivity index (χ1) is 9.85. The first-order valence-electron chi connectivity index (χ1n) is 7.14. The van der Waals surface area contributed by atoms with Crippen molar-refractivity contribution < 1.29 is 9.90 Å². The monoisotopic (exact) mass is 313 g/mol. The zero-order valence-corrected chi connectivity index (χ0v) is 13.8. The molecule has 1 unspecified atom stereocenters. The molecule has 0 saturated carbocycles. The van der Waals surface area contributed by atoms with Gasteiger partial charge in [-0.1, -0.05) is 32.4 Å². The molecule has 1 atom stereocenters. The Balaban J connectivity index is 2.71. The van der Waals surface area contributed by atoms with Crippen LogP contribution in [0.3, 0.4) is 0 Å². The van der Waals surface area contributed by atoms with Gasteiger partial charge in [0.05, 0.1) is 5.69 Å². The molecule has 0 saturated heterocycles. The number of nitrogens with one attached hydrogen (secondary N) is 1. The summed E-state index contributed by atoms with van der Waals surface area (Å²) in [6, 6.07) is 0. The lowest BCUT2D eigenvalue weighted by Crippen LogP contribution is -2.27. The van der Waals surface area contributed by atoms with Gasteiger partial charge in [-0.05, 0) is 24.8 Å². The number of rotatable bonds is 7. The molecule has 21 heavy (non-hydrogen) atoms. The van der Waals surface area contributed by atoms with Crippen LogP contribution in [0.2, 0.25) is 5.15 Å². The number of amides is 1. The van der Waals surface area contributed by atoms with Gasteiger partial charge in [-0.3, -0.25) is 9.48 Å². The first kappa shape index (κ1) is 17.7. The summed E-state index contributed by atoms with van der Waals surface area (Å²) in [5.41, 5.74) is 1.57. The quantitative estimate of drug-likeness (QED) is 0.759. The van der Waals surface area contributed by atoms with E-state index in [0.29, 0.717) is 17.6 Å². The van der Waals surface area contributed by atoms with Crippen molar-refractivity contribution in [2.45, 2.75) is 34.2 Å². The smallest absolute Gasteiger partial charge is 0.244 e. The summed E-state index contributed by atoms with van der Waals surface area (Å²) in [5.74, 6) is 0.283. The predicted octanol–water partition coefficient (Wildman–Crippen LogP) is 2.26. The second-order valence-electron chi connectivity index (χ2n) is 5.73. The Hall–Kier alpha value is -1.33. The van der Waals surface area contributed by atoms with Crippen LogP contribution in [0.4, 0.5) is 0 Å². The third-order valence-corrected chi connectivity index (χ3v) is 3.38. The van der Waals surface area contributed by atoms with Crippen LogP contribution in [-0.2, 0) is 11.3 Å². The molecule has 1 aromatic heterocycles. The number of halogens is 1. The molecule has 6 heteroatoms. The zero-order chi connectivity index (χ0) is 16.0. The number of carbonyl (C=O) groups excluding carboxylic acids is 1. The van der Waals surface area contributed by atoms with Crippen molar-refractivity contribution in [1.82, 2.24) is 15.1 Å². The van der Waals surface area contributed by atoms with Gasteiger partial charge in [-0.25, -0.2) is 0 Å². The molecule has 0 aliphatic rings. The molecule has 0 spiro atoms. The highest BCUT2D eigenvalue weighted by atomic mass is 35.5. The molecular formula is C15H24ClN3O2. The molecule has 0 bridgehead atoms. The minimum atomic E-state index is -0.206. The van der Waals surface area contributed by atoms with E-state index in [9.17, 15) is 4.79 Å². The second-order valence-corrected chi connectivity index (χ2v) is 6.09. The van der Waals surface area contributed by atoms with Crippen molar-refractivity contribution in [3.05, 3.63) is 22.5 Å². The summed E-state index contributed by atoms with van der Waals surface area (Å²) in [4.78, 5) is 11.7. The topological polar surface area (TPSA) is 67.2 Å². The summed E-state index contributed by atoms with van der Waals surface area (Å²) < 4.78 is 1.76. The fraction of sp³-hybridized carbons (Fsp3) is 0.600. The standard InChI is InChI=1S/C15H24ClN3O2/c1-10(2)8-19-15(16)13(12(4)18-19)5-6-14(21)17-7-11(3)9-20/h5-6,10-11,20H,7-9H2,1-4H3,(H,17,21)/b6-5+. The third-order valence-electron chi connectivity index (χ3n) is 2.99. The van der Waals surface area contributed by atoms with E-state index in [-0.39, 0.29) is 18.4 Å². The molecule has 5 nitrogen and oxygen atoms in total. The summed E-state index contributed by atoms with van der Waals surface area (Å²) in [6.07, 6.45) is 3.13. The molecule has 118 valence electrons. The lowest BCUT2D eigenvalue weighted by Gasteiger charge is -2.07. The Kier molecular flexibility index (Phi) is 6.92. The van der Waals surface area contributed by atoms with E-state index in [4.69, 9.17) is 16.7 Å². The molecule has 0 aromatic carbocycles. The van der Waals surface area contributed by atoms with Crippen LogP contribution >= 0.6 is 11.6 Å². The largest absolute Gasteiger partial charge is 0.396 e. The average Bonchev–Trinajstić information content (AvgIpc) is 2.68. The van der Waals surface area contributed by atoms with Crippen LogP contribution in [0.1, 0.15) is 32.0 Å². The van der Waals surface area contributed by atoms with Gasteiger partial charge in [0.25, 0.3) is 0 Å². The van der Waals surface area contributed by atoms with Crippen LogP contribution in [0.5, 0.6) is 0 Å². The number of nitrogens with zero attached hydrogens (tertiary/aromatic N) is 2. The van der Waals surface area contributed by atoms with Crippen molar-refractivity contribution in [3.8, 4) is 0 Å². The number of hydrogen-bond acceptors (Lipinski definition) is 3. The average molecular weight is 314 g/mol. The van der Waals surface area contributed by atoms with E-state index >= 15 is 0 Å². The molecule has 1 aromatic rings. The Morgan fingerprint density at radius 1 is 1.48 bits per heavy atom. The maximum absolute atomic E-state index is 11.7. The van der Waals surface area contributed by atoms with Crippen LogP contribution in [0, 0.1) is 18.8 Å². The molecule has 0 aliphatic heterocycles. The van der Waals surface area contributed by atoms with Gasteiger partial charge >= 0.3 is 0 Å². The van der Waals surface area contributed by atoms with Crippen molar-refractivity contribution in [3.63, 3.8) is 0 Å². The van der Waals surface area contributed by atoms with E-state index in [0.717, 1.165) is 17.8 Å². The van der Waals surface area contributed by atoms with E-state index in [1.807, 2.05) is 13.8 Å². The van der Waals surface area contributed by atoms with Gasteiger partial charge in [0.1, 0.15) is 5.15 Å². The summed E-state index contributed by atoms with van der Waals surface area (Å²) >= 11 is 6.29. The van der Waals surface area contributed by atoms with Gasteiger partial charge in [-0.15, -0.1) is 0 Å². The van der Waals surface area contributed by atoms with Gasteiger partial charge in [0.2, 0.25) is 5.91 Å². The van der Waals surface area contributed by atoms with E-state index < -0.39 is 0 Å². The maximum Gasteiger partial charge on any atom is 0.244 e. The number of aliphatic hydroxyl groups excluding tert-OH is 1. The van der Waals surface area contributed by atoms with Gasteiger partial charge < -0.3 is 10.4 Å². The summed E-state index contributed by atoms with van der Waals surface area (Å²) in [5, 5.41) is 16.6. The van der Waals surface area contributed by atoms with Crippen molar-refractivity contribution in [2.24, 2.45) is 11.8 Å². The molecule has 1 rings (SSSR count). The van der Waals surface area contributed by atoms with Gasteiger partial charge in [0.15, 0.2) is 0 Å². The Bertz CT molecular complexity index is 509. The van der Waals surface area contributed by atoms with Crippen LogP contribution in [0.15, 0.2) is 6.08 Å². The normalized spacial score (nSPS) is 13.1. The maximum atomic E-state index is 11.7. The van der Waals surface area contributed by atoms with Crippen molar-refractivity contribution in [2.75, 3.05) is 13.2 Å². The Morgan fingerprint density at radius 3 is 2.71 bits per heavy atom. The molecule has 0 radical (unpaired) electrons. The molecule has 1 heterocycles. The molecular weight excluding hydrogens is 290 g/mol. The molecule has 0 fully saturated rings. The number of aliphatic hydroxyl groups is 1. The van der Waals surface area contributed by atoms with Crippen molar-refractivity contribution in [1.29, 1.82) is 0 Å².